The van der Waals surface area contributed by atoms with Crippen LogP contribution in [-0.4, -0.2) is 11.1 Å². The van der Waals surface area contributed by atoms with Crippen LogP contribution in [0.1, 0.15) is 11.1 Å². The van der Waals surface area contributed by atoms with E-state index in [4.69, 9.17) is 22.0 Å². The highest BCUT2D eigenvalue weighted by atomic mass is 35.5. The van der Waals surface area contributed by atoms with Gasteiger partial charge in [-0.05, 0) is 29.3 Å². The molecule has 0 aliphatic heterocycles. The molecule has 0 amide bonds. The first-order valence-electron chi connectivity index (χ1n) is 4.20. The van der Waals surface area contributed by atoms with Gasteiger partial charge in [-0.1, -0.05) is 17.7 Å². The van der Waals surface area contributed by atoms with Crippen LogP contribution in [0.15, 0.2) is 24.3 Å². The van der Waals surface area contributed by atoms with Gasteiger partial charge in [0.2, 0.25) is 0 Å². The number of carbonyl (C=O) groups is 1. The number of allylic oxidation sites excluding steroid dienone is 1. The van der Waals surface area contributed by atoms with Crippen molar-refractivity contribution >= 4 is 23.6 Å². The number of nitriles is 1. The Labute approximate surface area is 92.2 Å². The predicted molar refractivity (Wildman–Crippen MR) is 57.4 cm³/mol. The van der Waals surface area contributed by atoms with Crippen LogP contribution in [0.3, 0.4) is 0 Å². The Morgan fingerprint density at radius 2 is 2.33 bits per heavy atom. The summed E-state index contributed by atoms with van der Waals surface area (Å²) in [4.78, 5) is 10.6. The van der Waals surface area contributed by atoms with Crippen molar-refractivity contribution in [1.29, 1.82) is 5.26 Å². The molecule has 1 N–H and O–H groups in total. The fourth-order valence-corrected chi connectivity index (χ4v) is 1.37. The van der Waals surface area contributed by atoms with Crippen molar-refractivity contribution in [1.82, 2.24) is 0 Å². The molecule has 0 atom stereocenters. The Bertz CT molecular complexity index is 446. The maximum Gasteiger partial charge on any atom is 0.307 e. The lowest BCUT2D eigenvalue weighted by molar-refractivity contribution is -0.136. The van der Waals surface area contributed by atoms with Gasteiger partial charge in [0.1, 0.15) is 0 Å². The molecule has 1 aromatic carbocycles. The SMILES string of the molecule is N#CC=Cc1ccc(Cl)cc1CC(=O)O. The summed E-state index contributed by atoms with van der Waals surface area (Å²) < 4.78 is 0. The van der Waals surface area contributed by atoms with Crippen LogP contribution in [0, 0.1) is 11.3 Å². The molecule has 0 unspecified atom stereocenters. The van der Waals surface area contributed by atoms with Crippen molar-refractivity contribution in [3.8, 4) is 6.07 Å². The fraction of sp³-hybridized carbons (Fsp3) is 0.0909. The van der Waals surface area contributed by atoms with E-state index in [9.17, 15) is 4.79 Å². The number of nitrogens with zero attached hydrogens (tertiary/aromatic N) is 1. The highest BCUT2D eigenvalue weighted by molar-refractivity contribution is 6.30. The van der Waals surface area contributed by atoms with E-state index >= 15 is 0 Å². The van der Waals surface area contributed by atoms with E-state index in [1.54, 1.807) is 24.3 Å². The molecule has 1 rings (SSSR count). The summed E-state index contributed by atoms with van der Waals surface area (Å²) in [6.45, 7) is 0. The number of aliphatic carboxylic acids is 1. The number of carboxylic acids is 1. The van der Waals surface area contributed by atoms with E-state index in [-0.39, 0.29) is 6.42 Å². The Kier molecular flexibility index (Phi) is 3.90. The van der Waals surface area contributed by atoms with Crippen LogP contribution in [0.4, 0.5) is 0 Å². The Hall–Kier alpha value is -1.79. The highest BCUT2D eigenvalue weighted by Gasteiger charge is 2.05. The minimum Gasteiger partial charge on any atom is -0.481 e. The molecule has 0 radical (unpaired) electrons. The van der Waals surface area contributed by atoms with Gasteiger partial charge in [0, 0.05) is 11.1 Å². The van der Waals surface area contributed by atoms with Crippen LogP contribution in [0.5, 0.6) is 0 Å². The maximum absolute atomic E-state index is 10.6. The van der Waals surface area contributed by atoms with Gasteiger partial charge in [0.05, 0.1) is 12.5 Å². The Balaban J connectivity index is 3.09. The molecule has 0 spiro atoms. The van der Waals surface area contributed by atoms with E-state index in [2.05, 4.69) is 0 Å². The van der Waals surface area contributed by atoms with Gasteiger partial charge in [-0.25, -0.2) is 0 Å². The van der Waals surface area contributed by atoms with Crippen molar-refractivity contribution in [2.45, 2.75) is 6.42 Å². The first-order chi connectivity index (χ1) is 7.13. The zero-order chi connectivity index (χ0) is 11.3. The second-order valence-electron chi connectivity index (χ2n) is 2.88. The van der Waals surface area contributed by atoms with E-state index in [0.717, 1.165) is 0 Å². The lowest BCUT2D eigenvalue weighted by atomic mass is 10.0. The normalized spacial score (nSPS) is 10.1. The molecule has 4 heteroatoms. The summed E-state index contributed by atoms with van der Waals surface area (Å²) in [7, 11) is 0. The molecular weight excluding hydrogens is 214 g/mol. The Morgan fingerprint density at radius 1 is 1.60 bits per heavy atom. The molecule has 3 nitrogen and oxygen atoms in total. The van der Waals surface area contributed by atoms with E-state index in [1.165, 1.54) is 6.08 Å². The highest BCUT2D eigenvalue weighted by Crippen LogP contribution is 2.18. The summed E-state index contributed by atoms with van der Waals surface area (Å²) in [5, 5.41) is 17.5. The van der Waals surface area contributed by atoms with Crippen molar-refractivity contribution in [2.24, 2.45) is 0 Å². The summed E-state index contributed by atoms with van der Waals surface area (Å²) in [5.74, 6) is -0.927. The van der Waals surface area contributed by atoms with Gasteiger partial charge in [-0.15, -0.1) is 0 Å². The second-order valence-corrected chi connectivity index (χ2v) is 3.31. The smallest absolute Gasteiger partial charge is 0.307 e. The first-order valence-corrected chi connectivity index (χ1v) is 4.57. The van der Waals surface area contributed by atoms with Crippen LogP contribution in [0.2, 0.25) is 5.02 Å². The molecule has 1 aromatic rings. The number of halogens is 1. The monoisotopic (exact) mass is 221 g/mol. The minimum atomic E-state index is -0.927. The molecule has 0 bridgehead atoms. The average Bonchev–Trinajstić information content (AvgIpc) is 2.16. The summed E-state index contributed by atoms with van der Waals surface area (Å²) in [6, 6.07) is 6.79. The standard InChI is InChI=1S/C11H8ClNO2/c12-10-4-3-8(2-1-5-13)9(6-10)7-11(14)15/h1-4,6H,7H2,(H,14,15). The van der Waals surface area contributed by atoms with Gasteiger partial charge >= 0.3 is 5.97 Å². The lowest BCUT2D eigenvalue weighted by Crippen LogP contribution is -2.01. The summed E-state index contributed by atoms with van der Waals surface area (Å²) in [5.41, 5.74) is 1.30. The van der Waals surface area contributed by atoms with Gasteiger partial charge in [0.25, 0.3) is 0 Å². The zero-order valence-corrected chi connectivity index (χ0v) is 8.53. The number of hydrogen-bond donors (Lipinski definition) is 1. The Morgan fingerprint density at radius 3 is 2.93 bits per heavy atom. The number of carboxylic acid groups (broad SMARTS) is 1. The van der Waals surface area contributed by atoms with Gasteiger partial charge in [-0.3, -0.25) is 4.79 Å². The number of benzene rings is 1. The van der Waals surface area contributed by atoms with Crippen LogP contribution in [-0.2, 0) is 11.2 Å². The van der Waals surface area contributed by atoms with Crippen molar-refractivity contribution in [3.05, 3.63) is 40.4 Å². The molecule has 0 aliphatic rings. The quantitative estimate of drug-likeness (QED) is 0.798. The van der Waals surface area contributed by atoms with E-state index in [1.807, 2.05) is 6.07 Å². The average molecular weight is 222 g/mol. The van der Waals surface area contributed by atoms with Gasteiger partial charge in [0.15, 0.2) is 0 Å². The van der Waals surface area contributed by atoms with Crippen LogP contribution >= 0.6 is 11.6 Å². The lowest BCUT2D eigenvalue weighted by Gasteiger charge is -2.03. The summed E-state index contributed by atoms with van der Waals surface area (Å²) in [6.07, 6.45) is 2.76. The molecule has 0 saturated heterocycles. The van der Waals surface area contributed by atoms with Crippen LogP contribution in [0.25, 0.3) is 6.08 Å². The molecule has 0 aliphatic carbocycles. The topological polar surface area (TPSA) is 61.1 Å². The first kappa shape index (κ1) is 11.3. The molecule has 0 heterocycles. The van der Waals surface area contributed by atoms with Crippen molar-refractivity contribution < 1.29 is 9.90 Å². The number of hydrogen-bond acceptors (Lipinski definition) is 2. The van der Waals surface area contributed by atoms with Crippen molar-refractivity contribution in [2.75, 3.05) is 0 Å². The molecule has 0 fully saturated rings. The molecule has 0 aromatic heterocycles. The third-order valence-electron chi connectivity index (χ3n) is 1.78. The number of rotatable bonds is 3. The van der Waals surface area contributed by atoms with Crippen molar-refractivity contribution in [3.63, 3.8) is 0 Å². The largest absolute Gasteiger partial charge is 0.481 e. The zero-order valence-electron chi connectivity index (χ0n) is 7.77. The maximum atomic E-state index is 10.6. The third-order valence-corrected chi connectivity index (χ3v) is 2.02. The summed E-state index contributed by atoms with van der Waals surface area (Å²) >= 11 is 5.75. The molecule has 15 heavy (non-hydrogen) atoms. The van der Waals surface area contributed by atoms with Crippen LogP contribution < -0.4 is 0 Å². The van der Waals surface area contributed by atoms with E-state index < -0.39 is 5.97 Å². The molecule has 0 saturated carbocycles. The fourth-order valence-electron chi connectivity index (χ4n) is 1.18. The minimum absolute atomic E-state index is 0.105. The predicted octanol–water partition coefficient (Wildman–Crippen LogP) is 2.50. The third kappa shape index (κ3) is 3.45. The molecular formula is C11H8ClNO2. The molecule has 76 valence electrons. The second kappa shape index (κ2) is 5.18. The van der Waals surface area contributed by atoms with Gasteiger partial charge in [-0.2, -0.15) is 5.26 Å². The van der Waals surface area contributed by atoms with E-state index in [0.29, 0.717) is 16.1 Å². The van der Waals surface area contributed by atoms with Gasteiger partial charge < -0.3 is 5.11 Å².